The summed E-state index contributed by atoms with van der Waals surface area (Å²) < 4.78 is 0. The van der Waals surface area contributed by atoms with Crippen molar-refractivity contribution in [2.75, 3.05) is 0 Å². The summed E-state index contributed by atoms with van der Waals surface area (Å²) in [6.45, 7) is 3.76. The third-order valence-electron chi connectivity index (χ3n) is 1.000. The van der Waals surface area contributed by atoms with Crippen LogP contribution in [-0.4, -0.2) is 10.2 Å². The predicted octanol–water partition coefficient (Wildman–Crippen LogP) is 1.43. The summed E-state index contributed by atoms with van der Waals surface area (Å²) in [5, 5.41) is 0. The van der Waals surface area contributed by atoms with Crippen LogP contribution in [0, 0.1) is 6.92 Å². The molecule has 0 aromatic rings. The number of rotatable bonds is 4. The first-order valence-corrected chi connectivity index (χ1v) is 4.00. The molecule has 0 spiro atoms. The van der Waals surface area contributed by atoms with Crippen LogP contribution in [0.4, 0.5) is 0 Å². The normalized spacial score (nSPS) is 9.43. The molecular formula is C6H14Si. The molecule has 0 fully saturated rings. The molecular weight excluding hydrogens is 100 g/mol. The van der Waals surface area contributed by atoms with Gasteiger partial charge in [-0.05, 0) is 0 Å². The zero-order valence-corrected chi connectivity index (χ0v) is 6.36. The lowest BCUT2D eigenvalue weighted by molar-refractivity contribution is 0.727. The van der Waals surface area contributed by atoms with E-state index >= 15 is 0 Å². The van der Waals surface area contributed by atoms with Crippen LogP contribution in [0.3, 0.4) is 0 Å². The lowest BCUT2D eigenvalue weighted by Crippen LogP contribution is -1.72. The van der Waals surface area contributed by atoms with Crippen molar-refractivity contribution in [2.24, 2.45) is 0 Å². The molecule has 0 aliphatic heterocycles. The molecule has 0 bridgehead atoms. The van der Waals surface area contributed by atoms with Crippen molar-refractivity contribution in [1.82, 2.24) is 0 Å². The van der Waals surface area contributed by atoms with Gasteiger partial charge in [0.2, 0.25) is 0 Å². The summed E-state index contributed by atoms with van der Waals surface area (Å²) in [6.07, 6.45) is 5.21. The van der Waals surface area contributed by atoms with E-state index in [2.05, 4.69) is 17.2 Å². The minimum atomic E-state index is 1.11. The van der Waals surface area contributed by atoms with E-state index in [0.29, 0.717) is 0 Å². The highest BCUT2D eigenvalue weighted by Gasteiger charge is 1.80. The molecule has 0 aliphatic carbocycles. The van der Waals surface area contributed by atoms with Crippen LogP contribution >= 0.6 is 0 Å². The van der Waals surface area contributed by atoms with Crippen molar-refractivity contribution < 1.29 is 0 Å². The highest BCUT2D eigenvalue weighted by atomic mass is 28.1. The summed E-state index contributed by atoms with van der Waals surface area (Å²) in [5.74, 6) is 0. The van der Waals surface area contributed by atoms with Gasteiger partial charge in [0.15, 0.2) is 0 Å². The predicted molar refractivity (Wildman–Crippen MR) is 37.2 cm³/mol. The molecule has 0 atom stereocenters. The Morgan fingerprint density at radius 2 is 1.86 bits per heavy atom. The van der Waals surface area contributed by atoms with E-state index in [4.69, 9.17) is 0 Å². The molecule has 0 N–H and O–H groups in total. The first-order valence-electron chi connectivity index (χ1n) is 3.00. The average molecular weight is 114 g/mol. The van der Waals surface area contributed by atoms with E-state index in [1.165, 1.54) is 25.3 Å². The van der Waals surface area contributed by atoms with Gasteiger partial charge in [0.25, 0.3) is 0 Å². The zero-order chi connectivity index (χ0) is 5.54. The second kappa shape index (κ2) is 6.22. The lowest BCUT2D eigenvalue weighted by atomic mass is 10.2. The monoisotopic (exact) mass is 114 g/mol. The van der Waals surface area contributed by atoms with Crippen LogP contribution < -0.4 is 0 Å². The molecule has 0 heterocycles. The second-order valence-electron chi connectivity index (χ2n) is 1.77. The minimum absolute atomic E-state index is 1.11. The molecule has 0 saturated heterocycles. The largest absolute Gasteiger partial charge is 0.0652 e. The van der Waals surface area contributed by atoms with E-state index in [9.17, 15) is 0 Å². The molecule has 0 aliphatic rings. The highest BCUT2D eigenvalue weighted by Crippen LogP contribution is 1.99. The molecule has 0 rings (SSSR count). The van der Waals surface area contributed by atoms with Crippen LogP contribution in [0.2, 0.25) is 6.04 Å². The number of hydrogen-bond donors (Lipinski definition) is 0. The Morgan fingerprint density at radius 3 is 2.29 bits per heavy atom. The fraction of sp³-hybridized carbons (Fsp3) is 0.833. The molecule has 0 nitrogen and oxygen atoms in total. The van der Waals surface area contributed by atoms with Crippen LogP contribution in [-0.2, 0) is 0 Å². The summed E-state index contributed by atoms with van der Waals surface area (Å²) in [6, 6.07) is 1.36. The number of hydrogen-bond acceptors (Lipinski definition) is 0. The van der Waals surface area contributed by atoms with Gasteiger partial charge >= 0.3 is 0 Å². The fourth-order valence-electron chi connectivity index (χ4n) is 0.530. The maximum absolute atomic E-state index is 3.76. The summed E-state index contributed by atoms with van der Waals surface area (Å²) >= 11 is 0. The second-order valence-corrected chi connectivity index (χ2v) is 2.47. The van der Waals surface area contributed by atoms with Gasteiger partial charge in [-0.3, -0.25) is 0 Å². The quantitative estimate of drug-likeness (QED) is 0.383. The Morgan fingerprint density at radius 1 is 1.14 bits per heavy atom. The molecule has 0 unspecified atom stereocenters. The third kappa shape index (κ3) is 6.22. The van der Waals surface area contributed by atoms with Gasteiger partial charge < -0.3 is 0 Å². The van der Waals surface area contributed by atoms with E-state index in [1.807, 2.05) is 0 Å². The molecule has 0 amide bonds. The fourth-order valence-corrected chi connectivity index (χ4v) is 0.884. The van der Waals surface area contributed by atoms with Gasteiger partial charge in [-0.25, -0.2) is 0 Å². The minimum Gasteiger partial charge on any atom is -0.0652 e. The van der Waals surface area contributed by atoms with Crippen LogP contribution in [0.5, 0.6) is 0 Å². The average Bonchev–Trinajstić information content (AvgIpc) is 1.69. The first-order chi connectivity index (χ1) is 3.41. The Balaban J connectivity index is 2.45. The Hall–Kier alpha value is 0.217. The van der Waals surface area contributed by atoms with Gasteiger partial charge in [-0.2, -0.15) is 0 Å². The Kier molecular flexibility index (Phi) is 6.41. The van der Waals surface area contributed by atoms with Gasteiger partial charge in [0.1, 0.15) is 0 Å². The van der Waals surface area contributed by atoms with E-state index < -0.39 is 0 Å². The SMILES string of the molecule is [CH2]CCCCC[SiH2]. The van der Waals surface area contributed by atoms with E-state index in [-0.39, 0.29) is 0 Å². The van der Waals surface area contributed by atoms with E-state index in [1.54, 1.807) is 0 Å². The van der Waals surface area contributed by atoms with Crippen molar-refractivity contribution in [1.29, 1.82) is 0 Å². The molecule has 42 valence electrons. The topological polar surface area (TPSA) is 0 Å². The van der Waals surface area contributed by atoms with Crippen molar-refractivity contribution in [3.05, 3.63) is 6.92 Å². The zero-order valence-electron chi connectivity index (χ0n) is 4.95. The maximum atomic E-state index is 3.76. The molecule has 0 aromatic carbocycles. The summed E-state index contributed by atoms with van der Waals surface area (Å²) in [5.41, 5.74) is 0. The molecule has 0 aromatic heterocycles. The van der Waals surface area contributed by atoms with Gasteiger partial charge in [0.05, 0.1) is 0 Å². The van der Waals surface area contributed by atoms with Crippen molar-refractivity contribution in [3.8, 4) is 0 Å². The Bertz CT molecular complexity index is 23.4. The van der Waals surface area contributed by atoms with Crippen LogP contribution in [0.25, 0.3) is 0 Å². The molecule has 2 radical (unpaired) electrons. The summed E-state index contributed by atoms with van der Waals surface area (Å²) in [4.78, 5) is 0. The Labute approximate surface area is 49.7 Å². The van der Waals surface area contributed by atoms with Crippen molar-refractivity contribution in [3.63, 3.8) is 0 Å². The van der Waals surface area contributed by atoms with Gasteiger partial charge in [-0.1, -0.05) is 38.7 Å². The molecule has 7 heavy (non-hydrogen) atoms. The highest BCUT2D eigenvalue weighted by molar-refractivity contribution is 6.08. The lowest BCUT2D eigenvalue weighted by Gasteiger charge is -1.90. The maximum Gasteiger partial charge on any atom is 0.00797 e. The number of unbranched alkanes of at least 4 members (excludes halogenated alkanes) is 3. The smallest absolute Gasteiger partial charge is 0.00797 e. The van der Waals surface area contributed by atoms with Crippen LogP contribution in [0.1, 0.15) is 25.7 Å². The van der Waals surface area contributed by atoms with Gasteiger partial charge in [-0.15, -0.1) is 0 Å². The third-order valence-corrected chi connectivity index (χ3v) is 1.50. The standard InChI is InChI=1S/C6H14Si/c1-2-3-4-5-6-7/h1-7H2. The molecule has 0 saturated carbocycles. The van der Waals surface area contributed by atoms with Crippen LogP contribution in [0.15, 0.2) is 0 Å². The summed E-state index contributed by atoms with van der Waals surface area (Å²) in [7, 11) is 2.06. The van der Waals surface area contributed by atoms with Crippen molar-refractivity contribution in [2.45, 2.75) is 31.7 Å². The molecule has 1 heteroatoms. The first kappa shape index (κ1) is 7.22. The van der Waals surface area contributed by atoms with Gasteiger partial charge in [0, 0.05) is 10.2 Å². The van der Waals surface area contributed by atoms with E-state index in [0.717, 1.165) is 6.42 Å². The van der Waals surface area contributed by atoms with Crippen molar-refractivity contribution >= 4 is 10.2 Å².